The first kappa shape index (κ1) is 7.01. The number of rotatable bonds is 2. The standard InChI is InChI=1S/C5H9NO2/c1-3-4(6-2)5(7)8/h3,6H,1-2H3,(H,7,8)/b4-3-. The molecule has 0 fully saturated rings. The van der Waals surface area contributed by atoms with Gasteiger partial charge in [-0.25, -0.2) is 4.79 Å². The Balaban J connectivity index is 3.92. The highest BCUT2D eigenvalue weighted by molar-refractivity contribution is 5.85. The highest BCUT2D eigenvalue weighted by Gasteiger charge is 1.98. The van der Waals surface area contributed by atoms with E-state index in [2.05, 4.69) is 5.32 Å². The third-order valence-electron chi connectivity index (χ3n) is 0.788. The Hall–Kier alpha value is -0.990. The minimum atomic E-state index is -0.921. The number of hydrogen-bond donors (Lipinski definition) is 2. The van der Waals surface area contributed by atoms with Crippen molar-refractivity contribution in [2.24, 2.45) is 0 Å². The molecule has 0 radical (unpaired) electrons. The molecule has 46 valence electrons. The fourth-order valence-corrected chi connectivity index (χ4v) is 0.375. The molecule has 0 saturated heterocycles. The van der Waals surface area contributed by atoms with Crippen molar-refractivity contribution in [2.45, 2.75) is 6.92 Å². The van der Waals surface area contributed by atoms with Gasteiger partial charge in [0.2, 0.25) is 0 Å². The van der Waals surface area contributed by atoms with Crippen molar-refractivity contribution >= 4 is 5.97 Å². The molecular weight excluding hydrogens is 106 g/mol. The number of carboxylic acids is 1. The van der Waals surface area contributed by atoms with E-state index < -0.39 is 5.97 Å². The summed E-state index contributed by atoms with van der Waals surface area (Å²) in [5, 5.41) is 10.8. The van der Waals surface area contributed by atoms with E-state index in [1.54, 1.807) is 14.0 Å². The summed E-state index contributed by atoms with van der Waals surface area (Å²) in [5.74, 6) is -0.921. The average molecular weight is 115 g/mol. The summed E-state index contributed by atoms with van der Waals surface area (Å²) in [7, 11) is 1.57. The molecule has 0 spiro atoms. The molecule has 0 heterocycles. The normalized spacial score (nSPS) is 11.0. The second kappa shape index (κ2) is 3.07. The predicted molar refractivity (Wildman–Crippen MR) is 30.5 cm³/mol. The number of carboxylic acid groups (broad SMARTS) is 1. The third kappa shape index (κ3) is 1.64. The van der Waals surface area contributed by atoms with Crippen LogP contribution in [-0.2, 0) is 4.79 Å². The molecule has 0 unspecified atom stereocenters. The molecule has 8 heavy (non-hydrogen) atoms. The van der Waals surface area contributed by atoms with E-state index in [0.717, 1.165) is 0 Å². The Kier molecular flexibility index (Phi) is 2.69. The number of likely N-dealkylation sites (N-methyl/N-ethyl adjacent to an activating group) is 1. The zero-order valence-corrected chi connectivity index (χ0v) is 4.93. The zero-order chi connectivity index (χ0) is 6.57. The Morgan fingerprint density at radius 2 is 2.25 bits per heavy atom. The van der Waals surface area contributed by atoms with Crippen LogP contribution in [0.2, 0.25) is 0 Å². The molecule has 0 aromatic carbocycles. The van der Waals surface area contributed by atoms with Crippen molar-refractivity contribution in [1.29, 1.82) is 0 Å². The lowest BCUT2D eigenvalue weighted by molar-refractivity contribution is -0.133. The Labute approximate surface area is 48.0 Å². The first-order chi connectivity index (χ1) is 3.72. The molecule has 0 atom stereocenters. The van der Waals surface area contributed by atoms with Crippen LogP contribution in [-0.4, -0.2) is 18.1 Å². The maximum Gasteiger partial charge on any atom is 0.351 e. The van der Waals surface area contributed by atoms with Gasteiger partial charge in [-0.1, -0.05) is 6.08 Å². The third-order valence-corrected chi connectivity index (χ3v) is 0.788. The maximum atomic E-state index is 10.0. The minimum Gasteiger partial charge on any atom is -0.477 e. The SMILES string of the molecule is C/C=C(\NC)C(=O)O. The Bertz CT molecular complexity index is 118. The molecule has 0 aliphatic heterocycles. The number of aliphatic carboxylic acids is 1. The van der Waals surface area contributed by atoms with Gasteiger partial charge in [-0.3, -0.25) is 0 Å². The maximum absolute atomic E-state index is 10.0. The van der Waals surface area contributed by atoms with Crippen molar-refractivity contribution < 1.29 is 9.90 Å². The van der Waals surface area contributed by atoms with Crippen molar-refractivity contribution in [3.63, 3.8) is 0 Å². The van der Waals surface area contributed by atoms with Crippen LogP contribution >= 0.6 is 0 Å². The summed E-state index contributed by atoms with van der Waals surface area (Å²) >= 11 is 0. The van der Waals surface area contributed by atoms with E-state index in [9.17, 15) is 4.79 Å². The van der Waals surface area contributed by atoms with Gasteiger partial charge in [-0.05, 0) is 6.92 Å². The van der Waals surface area contributed by atoms with E-state index in [0.29, 0.717) is 0 Å². The van der Waals surface area contributed by atoms with Gasteiger partial charge >= 0.3 is 5.97 Å². The lowest BCUT2D eigenvalue weighted by atomic mass is 10.4. The highest BCUT2D eigenvalue weighted by atomic mass is 16.4. The van der Waals surface area contributed by atoms with E-state index in [1.807, 2.05) is 0 Å². The van der Waals surface area contributed by atoms with E-state index in [-0.39, 0.29) is 5.70 Å². The van der Waals surface area contributed by atoms with Gasteiger partial charge in [0, 0.05) is 7.05 Å². The topological polar surface area (TPSA) is 49.3 Å². The molecule has 0 rings (SSSR count). The molecule has 0 aromatic heterocycles. The minimum absolute atomic E-state index is 0.227. The molecule has 0 amide bonds. The van der Waals surface area contributed by atoms with Crippen LogP contribution in [0.4, 0.5) is 0 Å². The van der Waals surface area contributed by atoms with Crippen LogP contribution in [0, 0.1) is 0 Å². The van der Waals surface area contributed by atoms with Gasteiger partial charge in [0.15, 0.2) is 0 Å². The fourth-order valence-electron chi connectivity index (χ4n) is 0.375. The highest BCUT2D eigenvalue weighted by Crippen LogP contribution is 1.83. The van der Waals surface area contributed by atoms with E-state index in [1.165, 1.54) is 6.08 Å². The second-order valence-corrected chi connectivity index (χ2v) is 1.26. The number of carbonyl (C=O) groups is 1. The van der Waals surface area contributed by atoms with Gasteiger partial charge in [-0.15, -0.1) is 0 Å². The van der Waals surface area contributed by atoms with Gasteiger partial charge in [0.1, 0.15) is 5.70 Å². The quantitative estimate of drug-likeness (QED) is 0.505. The molecule has 0 aliphatic carbocycles. The Morgan fingerprint density at radius 1 is 1.75 bits per heavy atom. The molecule has 0 bridgehead atoms. The van der Waals surface area contributed by atoms with Crippen LogP contribution in [0.15, 0.2) is 11.8 Å². The van der Waals surface area contributed by atoms with E-state index in [4.69, 9.17) is 5.11 Å². The number of allylic oxidation sites excluding steroid dienone is 1. The largest absolute Gasteiger partial charge is 0.477 e. The molecule has 2 N–H and O–H groups in total. The van der Waals surface area contributed by atoms with Gasteiger partial charge in [-0.2, -0.15) is 0 Å². The van der Waals surface area contributed by atoms with Crippen LogP contribution in [0.25, 0.3) is 0 Å². The average Bonchev–Trinajstić information content (AvgIpc) is 1.69. The van der Waals surface area contributed by atoms with Gasteiger partial charge in [0.05, 0.1) is 0 Å². The summed E-state index contributed by atoms with van der Waals surface area (Å²) in [4.78, 5) is 10.0. The summed E-state index contributed by atoms with van der Waals surface area (Å²) < 4.78 is 0. The smallest absolute Gasteiger partial charge is 0.351 e. The summed E-state index contributed by atoms with van der Waals surface area (Å²) in [6.45, 7) is 1.67. The van der Waals surface area contributed by atoms with Crippen LogP contribution in [0.3, 0.4) is 0 Å². The van der Waals surface area contributed by atoms with Gasteiger partial charge in [0.25, 0.3) is 0 Å². The number of nitrogens with one attached hydrogen (secondary N) is 1. The van der Waals surface area contributed by atoms with Crippen LogP contribution in [0.1, 0.15) is 6.92 Å². The second-order valence-electron chi connectivity index (χ2n) is 1.26. The van der Waals surface area contributed by atoms with Crippen molar-refractivity contribution in [3.05, 3.63) is 11.8 Å². The molecule has 3 nitrogen and oxygen atoms in total. The summed E-state index contributed by atoms with van der Waals surface area (Å²) in [6, 6.07) is 0. The van der Waals surface area contributed by atoms with Crippen LogP contribution in [0.5, 0.6) is 0 Å². The lowest BCUT2D eigenvalue weighted by Gasteiger charge is -1.95. The molecule has 0 aromatic rings. The molecule has 3 heteroatoms. The van der Waals surface area contributed by atoms with Crippen molar-refractivity contribution in [3.8, 4) is 0 Å². The number of hydrogen-bond acceptors (Lipinski definition) is 2. The van der Waals surface area contributed by atoms with E-state index >= 15 is 0 Å². The van der Waals surface area contributed by atoms with Gasteiger partial charge < -0.3 is 10.4 Å². The fraction of sp³-hybridized carbons (Fsp3) is 0.400. The summed E-state index contributed by atoms with van der Waals surface area (Å²) in [6.07, 6.45) is 1.50. The Morgan fingerprint density at radius 3 is 2.25 bits per heavy atom. The molecule has 0 aliphatic rings. The molecular formula is C5H9NO2. The van der Waals surface area contributed by atoms with Crippen LogP contribution < -0.4 is 5.32 Å². The molecule has 0 saturated carbocycles. The monoisotopic (exact) mass is 115 g/mol. The van der Waals surface area contributed by atoms with Crippen molar-refractivity contribution in [1.82, 2.24) is 5.32 Å². The lowest BCUT2D eigenvalue weighted by Crippen LogP contribution is -2.14. The van der Waals surface area contributed by atoms with Crippen molar-refractivity contribution in [2.75, 3.05) is 7.05 Å². The first-order valence-electron chi connectivity index (χ1n) is 2.29. The zero-order valence-electron chi connectivity index (χ0n) is 4.93. The first-order valence-corrected chi connectivity index (χ1v) is 2.29. The predicted octanol–water partition coefficient (Wildman–Crippen LogP) is 0.194. The summed E-state index contributed by atoms with van der Waals surface area (Å²) in [5.41, 5.74) is 0.227.